The number of hydrogen-bond acceptors (Lipinski definition) is 4. The van der Waals surface area contributed by atoms with Crippen molar-refractivity contribution in [1.29, 1.82) is 0 Å². The molecular weight excluding hydrogens is 222 g/mol. The van der Waals surface area contributed by atoms with Crippen molar-refractivity contribution in [2.24, 2.45) is 7.05 Å². The molecule has 0 spiro atoms. The summed E-state index contributed by atoms with van der Waals surface area (Å²) < 4.78 is 6.55. The first-order valence-electron chi connectivity index (χ1n) is 5.52. The minimum Gasteiger partial charge on any atom is -0.466 e. The van der Waals surface area contributed by atoms with Gasteiger partial charge in [-0.15, -0.1) is 0 Å². The highest BCUT2D eigenvalue weighted by molar-refractivity contribution is 5.81. The molecule has 17 heavy (non-hydrogen) atoms. The Labute approximate surface area is 100.0 Å². The van der Waals surface area contributed by atoms with E-state index >= 15 is 0 Å². The molecular formula is C11H17N3O3. The number of amides is 1. The molecule has 0 saturated carbocycles. The number of aromatic nitrogens is 2. The quantitative estimate of drug-likeness (QED) is 0.728. The fraction of sp³-hybridized carbons (Fsp3) is 0.545. The maximum Gasteiger partial charge on any atom is 0.306 e. The predicted molar refractivity (Wildman–Crippen MR) is 60.9 cm³/mol. The maximum absolute atomic E-state index is 11.4. The molecule has 1 heterocycles. The first kappa shape index (κ1) is 13.2. The second kappa shape index (κ2) is 6.67. The number of nitrogens with one attached hydrogen (secondary N) is 1. The van der Waals surface area contributed by atoms with Gasteiger partial charge in [0.05, 0.1) is 19.6 Å². The minimum atomic E-state index is -0.348. The third kappa shape index (κ3) is 4.67. The number of carbonyl (C=O) groups excluding carboxylic acids is 2. The van der Waals surface area contributed by atoms with Crippen molar-refractivity contribution in [1.82, 2.24) is 14.9 Å². The molecule has 0 radical (unpaired) electrons. The van der Waals surface area contributed by atoms with Crippen LogP contribution in [0, 0.1) is 0 Å². The lowest BCUT2D eigenvalue weighted by Crippen LogP contribution is -2.25. The second-order valence-electron chi connectivity index (χ2n) is 3.54. The van der Waals surface area contributed by atoms with Crippen LogP contribution in [-0.4, -0.2) is 28.0 Å². The van der Waals surface area contributed by atoms with E-state index in [4.69, 9.17) is 4.74 Å². The summed E-state index contributed by atoms with van der Waals surface area (Å²) in [6, 6.07) is 0. The second-order valence-corrected chi connectivity index (χ2v) is 3.54. The summed E-state index contributed by atoms with van der Waals surface area (Å²) in [7, 11) is 1.85. The highest BCUT2D eigenvalue weighted by Crippen LogP contribution is 1.96. The van der Waals surface area contributed by atoms with Crippen LogP contribution in [0.25, 0.3) is 0 Å². The largest absolute Gasteiger partial charge is 0.466 e. The highest BCUT2D eigenvalue weighted by atomic mass is 16.5. The zero-order chi connectivity index (χ0) is 12.7. The van der Waals surface area contributed by atoms with Crippen molar-refractivity contribution >= 4 is 11.9 Å². The Kier molecular flexibility index (Phi) is 5.19. The van der Waals surface area contributed by atoms with E-state index in [9.17, 15) is 9.59 Å². The number of rotatable bonds is 6. The number of imidazole rings is 1. The first-order valence-corrected chi connectivity index (χ1v) is 5.52. The van der Waals surface area contributed by atoms with Crippen molar-refractivity contribution in [3.05, 3.63) is 18.2 Å². The van der Waals surface area contributed by atoms with E-state index in [1.165, 1.54) is 0 Å². The van der Waals surface area contributed by atoms with Crippen molar-refractivity contribution in [2.45, 2.75) is 26.3 Å². The lowest BCUT2D eigenvalue weighted by molar-refractivity contribution is -0.144. The lowest BCUT2D eigenvalue weighted by Gasteiger charge is -2.05. The number of nitrogens with zero attached hydrogens (tertiary/aromatic N) is 2. The summed E-state index contributed by atoms with van der Waals surface area (Å²) in [6.45, 7) is 2.44. The van der Waals surface area contributed by atoms with E-state index in [0.717, 1.165) is 5.82 Å². The Bertz CT molecular complexity index is 387. The lowest BCUT2D eigenvalue weighted by atomic mass is 10.3. The number of hydrogen-bond donors (Lipinski definition) is 1. The van der Waals surface area contributed by atoms with Crippen molar-refractivity contribution in [3.8, 4) is 0 Å². The molecule has 0 aliphatic heterocycles. The molecule has 0 saturated heterocycles. The molecule has 0 aliphatic rings. The average Bonchev–Trinajstić information content (AvgIpc) is 2.70. The summed E-state index contributed by atoms with van der Waals surface area (Å²) in [6.07, 6.45) is 3.73. The maximum atomic E-state index is 11.4. The SMILES string of the molecule is CCOC(=O)CCC(=O)NCc1nccn1C. The van der Waals surface area contributed by atoms with Gasteiger partial charge in [-0.25, -0.2) is 4.98 Å². The molecule has 1 aromatic rings. The Hall–Kier alpha value is -1.85. The van der Waals surface area contributed by atoms with Crippen LogP contribution < -0.4 is 5.32 Å². The van der Waals surface area contributed by atoms with Crippen molar-refractivity contribution in [2.75, 3.05) is 6.61 Å². The Morgan fingerprint density at radius 3 is 2.82 bits per heavy atom. The Morgan fingerprint density at radius 1 is 1.47 bits per heavy atom. The van der Waals surface area contributed by atoms with Crippen LogP contribution in [0.2, 0.25) is 0 Å². The molecule has 0 atom stereocenters. The summed E-state index contributed by atoms with van der Waals surface area (Å²) >= 11 is 0. The summed E-state index contributed by atoms with van der Waals surface area (Å²) in [5.41, 5.74) is 0. The number of esters is 1. The molecule has 0 bridgehead atoms. The highest BCUT2D eigenvalue weighted by Gasteiger charge is 2.08. The molecule has 1 amide bonds. The third-order valence-corrected chi connectivity index (χ3v) is 2.23. The average molecular weight is 239 g/mol. The smallest absolute Gasteiger partial charge is 0.306 e. The fourth-order valence-corrected chi connectivity index (χ4v) is 1.28. The van der Waals surface area contributed by atoms with Crippen LogP contribution in [0.4, 0.5) is 0 Å². The molecule has 0 unspecified atom stereocenters. The Balaban J connectivity index is 2.22. The van der Waals surface area contributed by atoms with E-state index in [1.807, 2.05) is 11.6 Å². The molecule has 1 rings (SSSR count). The van der Waals surface area contributed by atoms with Crippen LogP contribution in [0.15, 0.2) is 12.4 Å². The van der Waals surface area contributed by atoms with Gasteiger partial charge in [0.1, 0.15) is 5.82 Å². The number of ether oxygens (including phenoxy) is 1. The van der Waals surface area contributed by atoms with Gasteiger partial charge < -0.3 is 14.6 Å². The molecule has 1 N–H and O–H groups in total. The minimum absolute atomic E-state index is 0.111. The van der Waals surface area contributed by atoms with E-state index in [1.54, 1.807) is 19.3 Å². The van der Waals surface area contributed by atoms with Crippen LogP contribution >= 0.6 is 0 Å². The van der Waals surface area contributed by atoms with Crippen molar-refractivity contribution in [3.63, 3.8) is 0 Å². The molecule has 6 heteroatoms. The summed E-state index contributed by atoms with van der Waals surface area (Å²) in [5, 5.41) is 2.69. The third-order valence-electron chi connectivity index (χ3n) is 2.23. The van der Waals surface area contributed by atoms with Gasteiger partial charge in [-0.1, -0.05) is 0 Å². The van der Waals surface area contributed by atoms with Gasteiger partial charge in [0, 0.05) is 25.9 Å². The van der Waals surface area contributed by atoms with Gasteiger partial charge in [-0.05, 0) is 6.92 Å². The topological polar surface area (TPSA) is 73.2 Å². The summed E-state index contributed by atoms with van der Waals surface area (Å²) in [4.78, 5) is 26.5. The first-order chi connectivity index (χ1) is 8.13. The monoisotopic (exact) mass is 239 g/mol. The zero-order valence-electron chi connectivity index (χ0n) is 10.1. The fourth-order valence-electron chi connectivity index (χ4n) is 1.28. The standard InChI is InChI=1S/C11H17N3O3/c1-3-17-11(16)5-4-10(15)13-8-9-12-6-7-14(9)2/h6-7H,3-5,8H2,1-2H3,(H,13,15). The van der Waals surface area contributed by atoms with Gasteiger partial charge >= 0.3 is 5.97 Å². The Morgan fingerprint density at radius 2 is 2.24 bits per heavy atom. The molecule has 0 aromatic carbocycles. The van der Waals surface area contributed by atoms with Gasteiger partial charge in [0.25, 0.3) is 0 Å². The van der Waals surface area contributed by atoms with E-state index < -0.39 is 0 Å². The zero-order valence-corrected chi connectivity index (χ0v) is 10.1. The molecule has 0 aliphatic carbocycles. The normalized spacial score (nSPS) is 10.0. The van der Waals surface area contributed by atoms with E-state index in [0.29, 0.717) is 13.2 Å². The van der Waals surface area contributed by atoms with Gasteiger partial charge in [0.2, 0.25) is 5.91 Å². The number of carbonyl (C=O) groups is 2. The van der Waals surface area contributed by atoms with Crippen LogP contribution in [0.1, 0.15) is 25.6 Å². The summed E-state index contributed by atoms with van der Waals surface area (Å²) in [5.74, 6) is 0.246. The van der Waals surface area contributed by atoms with Crippen LogP contribution in [0.3, 0.4) is 0 Å². The predicted octanol–water partition coefficient (Wildman–Crippen LogP) is 0.380. The van der Waals surface area contributed by atoms with E-state index in [2.05, 4.69) is 10.3 Å². The van der Waals surface area contributed by atoms with Gasteiger partial charge in [0.15, 0.2) is 0 Å². The molecule has 94 valence electrons. The van der Waals surface area contributed by atoms with Gasteiger partial charge in [-0.2, -0.15) is 0 Å². The van der Waals surface area contributed by atoms with Crippen LogP contribution in [0.5, 0.6) is 0 Å². The molecule has 0 fully saturated rings. The van der Waals surface area contributed by atoms with E-state index in [-0.39, 0.29) is 24.7 Å². The molecule has 1 aromatic heterocycles. The van der Waals surface area contributed by atoms with Crippen LogP contribution in [-0.2, 0) is 27.9 Å². The van der Waals surface area contributed by atoms with Gasteiger partial charge in [-0.3, -0.25) is 9.59 Å². The number of aryl methyl sites for hydroxylation is 1. The van der Waals surface area contributed by atoms with Crippen molar-refractivity contribution < 1.29 is 14.3 Å². The molecule has 6 nitrogen and oxygen atoms in total.